The van der Waals surface area contributed by atoms with Crippen LogP contribution in [0.15, 0.2) is 48.5 Å². The molecule has 1 aliphatic heterocycles. The second kappa shape index (κ2) is 13.6. The Bertz CT molecular complexity index is 1050. The van der Waals surface area contributed by atoms with Crippen molar-refractivity contribution in [2.24, 2.45) is 0 Å². The van der Waals surface area contributed by atoms with Crippen LogP contribution in [0.2, 0.25) is 0 Å². The van der Waals surface area contributed by atoms with Gasteiger partial charge in [0.15, 0.2) is 0 Å². The van der Waals surface area contributed by atoms with Crippen LogP contribution in [-0.2, 0) is 11.0 Å². The van der Waals surface area contributed by atoms with Gasteiger partial charge in [-0.3, -0.25) is 14.5 Å². The maximum Gasteiger partial charge on any atom is 0.416 e. The third-order valence-corrected chi connectivity index (χ3v) is 6.98. The number of anilines is 1. The molecule has 0 unspecified atom stereocenters. The molecule has 1 saturated carbocycles. The highest BCUT2D eigenvalue weighted by Crippen LogP contribution is 2.36. The monoisotopic (exact) mass is 532 g/mol. The van der Waals surface area contributed by atoms with Gasteiger partial charge in [0.2, 0.25) is 5.91 Å². The Morgan fingerprint density at radius 2 is 1.61 bits per heavy atom. The zero-order valence-corrected chi connectivity index (χ0v) is 22.4. The molecule has 0 aromatic heterocycles. The SMILES string of the molecule is CCC.CNc1cc(C(=O)NCC(=O)NC2CN(C3CCC(c4ccccc4)CC3)C2)cc(C(F)(F)F)c1. The summed E-state index contributed by atoms with van der Waals surface area (Å²) in [6.07, 6.45) is 1.29. The summed E-state index contributed by atoms with van der Waals surface area (Å²) in [5.41, 5.74) is 0.500. The van der Waals surface area contributed by atoms with E-state index in [4.69, 9.17) is 0 Å². The van der Waals surface area contributed by atoms with Crippen LogP contribution >= 0.6 is 0 Å². The molecule has 0 spiro atoms. The summed E-state index contributed by atoms with van der Waals surface area (Å²) in [5, 5.41) is 7.93. The smallest absolute Gasteiger partial charge is 0.388 e. The third-order valence-electron chi connectivity index (χ3n) is 6.98. The van der Waals surface area contributed by atoms with E-state index in [1.807, 2.05) is 6.07 Å². The number of likely N-dealkylation sites (tertiary alicyclic amines) is 1. The molecule has 2 amide bonds. The van der Waals surface area contributed by atoms with Crippen LogP contribution in [0.1, 0.15) is 73.4 Å². The topological polar surface area (TPSA) is 73.5 Å². The first kappa shape index (κ1) is 29.5. The number of halogens is 3. The van der Waals surface area contributed by atoms with Gasteiger partial charge < -0.3 is 16.0 Å². The number of nitrogens with zero attached hydrogens (tertiary/aromatic N) is 1. The van der Waals surface area contributed by atoms with Gasteiger partial charge in [0.1, 0.15) is 0 Å². The molecule has 208 valence electrons. The lowest BCUT2D eigenvalue weighted by atomic mass is 9.80. The molecular weight excluding hydrogens is 493 g/mol. The van der Waals surface area contributed by atoms with E-state index in [0.29, 0.717) is 12.0 Å². The molecule has 2 aliphatic rings. The number of benzene rings is 2. The van der Waals surface area contributed by atoms with Gasteiger partial charge in [-0.05, 0) is 55.4 Å². The van der Waals surface area contributed by atoms with Crippen molar-refractivity contribution in [1.82, 2.24) is 15.5 Å². The third kappa shape index (κ3) is 8.21. The number of alkyl halides is 3. The maximum atomic E-state index is 13.1. The molecule has 4 rings (SSSR count). The summed E-state index contributed by atoms with van der Waals surface area (Å²) in [5.74, 6) is -0.460. The molecule has 6 nitrogen and oxygen atoms in total. The molecule has 2 aromatic rings. The summed E-state index contributed by atoms with van der Waals surface area (Å²) < 4.78 is 39.3. The number of amides is 2. The Morgan fingerprint density at radius 3 is 2.18 bits per heavy atom. The fourth-order valence-corrected chi connectivity index (χ4v) is 5.01. The number of nitrogens with one attached hydrogen (secondary N) is 3. The zero-order chi connectivity index (χ0) is 27.7. The lowest BCUT2D eigenvalue weighted by Gasteiger charge is -2.46. The molecule has 3 N–H and O–H groups in total. The minimum Gasteiger partial charge on any atom is -0.388 e. The van der Waals surface area contributed by atoms with E-state index in [9.17, 15) is 22.8 Å². The molecule has 2 aromatic carbocycles. The van der Waals surface area contributed by atoms with Crippen molar-refractivity contribution in [2.75, 3.05) is 32.0 Å². The normalized spacial score (nSPS) is 19.9. The summed E-state index contributed by atoms with van der Waals surface area (Å²) in [6, 6.07) is 14.2. The van der Waals surface area contributed by atoms with Crippen LogP contribution in [0.3, 0.4) is 0 Å². The van der Waals surface area contributed by atoms with E-state index < -0.39 is 17.6 Å². The van der Waals surface area contributed by atoms with E-state index in [-0.39, 0.29) is 29.7 Å². The van der Waals surface area contributed by atoms with Crippen molar-refractivity contribution in [3.05, 3.63) is 65.2 Å². The Balaban J connectivity index is 0.00000127. The lowest BCUT2D eigenvalue weighted by molar-refractivity contribution is -0.137. The first-order valence-corrected chi connectivity index (χ1v) is 13.4. The summed E-state index contributed by atoms with van der Waals surface area (Å²) in [4.78, 5) is 27.0. The highest BCUT2D eigenvalue weighted by atomic mass is 19.4. The molecule has 1 aliphatic carbocycles. The summed E-state index contributed by atoms with van der Waals surface area (Å²) >= 11 is 0. The lowest BCUT2D eigenvalue weighted by Crippen LogP contribution is -2.63. The first-order chi connectivity index (χ1) is 18.1. The largest absolute Gasteiger partial charge is 0.416 e. The fourth-order valence-electron chi connectivity index (χ4n) is 5.01. The van der Waals surface area contributed by atoms with Crippen LogP contribution in [0.4, 0.5) is 18.9 Å². The molecule has 9 heteroatoms. The van der Waals surface area contributed by atoms with Gasteiger partial charge >= 0.3 is 6.18 Å². The van der Waals surface area contributed by atoms with Gasteiger partial charge in [0, 0.05) is 37.4 Å². The number of hydrogen-bond acceptors (Lipinski definition) is 4. The van der Waals surface area contributed by atoms with E-state index in [1.165, 1.54) is 37.9 Å². The van der Waals surface area contributed by atoms with Crippen LogP contribution in [0.5, 0.6) is 0 Å². The van der Waals surface area contributed by atoms with Gasteiger partial charge in [0.25, 0.3) is 5.91 Å². The summed E-state index contributed by atoms with van der Waals surface area (Å²) in [6.45, 7) is 5.52. The van der Waals surface area contributed by atoms with Gasteiger partial charge in [-0.15, -0.1) is 0 Å². The van der Waals surface area contributed by atoms with Gasteiger partial charge in [-0.1, -0.05) is 50.6 Å². The molecule has 0 radical (unpaired) electrons. The number of carbonyl (C=O) groups excluding carboxylic acids is 2. The minimum atomic E-state index is -4.57. The average molecular weight is 533 g/mol. The van der Waals surface area contributed by atoms with Crippen LogP contribution in [0.25, 0.3) is 0 Å². The highest BCUT2D eigenvalue weighted by molar-refractivity contribution is 5.97. The van der Waals surface area contributed by atoms with Crippen molar-refractivity contribution in [3.8, 4) is 0 Å². The quantitative estimate of drug-likeness (QED) is 0.445. The highest BCUT2D eigenvalue weighted by Gasteiger charge is 2.35. The van der Waals surface area contributed by atoms with E-state index in [0.717, 1.165) is 38.1 Å². The number of carbonyl (C=O) groups is 2. The number of rotatable bonds is 7. The fraction of sp³-hybridized carbons (Fsp3) is 0.517. The Labute approximate surface area is 223 Å². The second-order valence-corrected chi connectivity index (χ2v) is 10.1. The predicted molar refractivity (Wildman–Crippen MR) is 144 cm³/mol. The molecule has 1 heterocycles. The van der Waals surface area contributed by atoms with E-state index in [1.54, 1.807) is 0 Å². The van der Waals surface area contributed by atoms with Crippen molar-refractivity contribution in [2.45, 2.75) is 70.1 Å². The molecule has 2 fully saturated rings. The number of hydrogen-bond donors (Lipinski definition) is 3. The van der Waals surface area contributed by atoms with Crippen molar-refractivity contribution in [1.29, 1.82) is 0 Å². The first-order valence-electron chi connectivity index (χ1n) is 13.4. The van der Waals surface area contributed by atoms with Crippen LogP contribution < -0.4 is 16.0 Å². The van der Waals surface area contributed by atoms with Crippen LogP contribution in [-0.4, -0.2) is 55.5 Å². The van der Waals surface area contributed by atoms with Crippen molar-refractivity contribution < 1.29 is 22.8 Å². The molecule has 38 heavy (non-hydrogen) atoms. The van der Waals surface area contributed by atoms with E-state index >= 15 is 0 Å². The zero-order valence-electron chi connectivity index (χ0n) is 22.4. The van der Waals surface area contributed by atoms with E-state index in [2.05, 4.69) is 59.0 Å². The molecule has 1 saturated heterocycles. The van der Waals surface area contributed by atoms with Crippen molar-refractivity contribution >= 4 is 17.5 Å². The minimum absolute atomic E-state index is 0.0238. The Morgan fingerprint density at radius 1 is 0.974 bits per heavy atom. The van der Waals surface area contributed by atoms with Gasteiger partial charge in [0.05, 0.1) is 18.2 Å². The standard InChI is InChI=1S/C26H31F3N4O2.C3H8/c1-30-21-12-19(11-20(13-21)26(27,28)29)25(35)31-14-24(34)32-22-15-33(16-22)23-9-7-18(8-10-23)17-5-3-2-4-6-17;1-3-2/h2-6,11-13,18,22-23,30H,7-10,14-16H2,1H3,(H,31,35)(H,32,34);3H2,1-2H3. The van der Waals surface area contributed by atoms with Gasteiger partial charge in [-0.2, -0.15) is 13.2 Å². The Hall–Kier alpha value is -3.07. The molecular formula is C29H39F3N4O2. The average Bonchev–Trinajstić information content (AvgIpc) is 2.89. The second-order valence-electron chi connectivity index (χ2n) is 10.1. The van der Waals surface area contributed by atoms with Crippen LogP contribution in [0, 0.1) is 0 Å². The van der Waals surface area contributed by atoms with Gasteiger partial charge in [-0.25, -0.2) is 0 Å². The summed E-state index contributed by atoms with van der Waals surface area (Å²) in [7, 11) is 1.47. The van der Waals surface area contributed by atoms with Crippen molar-refractivity contribution in [3.63, 3.8) is 0 Å². The molecule has 0 bridgehead atoms. The Kier molecular flexibility index (Phi) is 10.6. The predicted octanol–water partition coefficient (Wildman–Crippen LogP) is 5.42. The molecule has 0 atom stereocenters. The maximum absolute atomic E-state index is 13.1.